The van der Waals surface area contributed by atoms with Crippen molar-refractivity contribution in [3.8, 4) is 0 Å². The highest BCUT2D eigenvalue weighted by Crippen LogP contribution is 2.13. The molecular weight excluding hydrogens is 138 g/mol. The van der Waals surface area contributed by atoms with Gasteiger partial charge in [-0.2, -0.15) is 0 Å². The molecule has 1 atom stereocenters. The zero-order valence-corrected chi connectivity index (χ0v) is 6.95. The minimum absolute atomic E-state index is 0.0590. The van der Waals surface area contributed by atoms with E-state index in [1.165, 1.54) is 0 Å². The van der Waals surface area contributed by atoms with Gasteiger partial charge >= 0.3 is 0 Å². The van der Waals surface area contributed by atoms with Crippen molar-refractivity contribution in [1.29, 1.82) is 0 Å². The first-order valence-corrected chi connectivity index (χ1v) is 3.60. The number of nitrogens with zero attached hydrogens (tertiary/aromatic N) is 1. The fourth-order valence-electron chi connectivity index (χ4n) is 0.959. The molecule has 0 aromatic rings. The molecule has 11 heavy (non-hydrogen) atoms. The van der Waals surface area contributed by atoms with Gasteiger partial charge in [0.2, 0.25) is 0 Å². The molecule has 2 heteroatoms. The average Bonchev–Trinajstić information content (AvgIpc) is 2.04. The zero-order valence-electron chi connectivity index (χ0n) is 6.95. The van der Waals surface area contributed by atoms with Gasteiger partial charge in [-0.3, -0.25) is 0 Å². The first-order chi connectivity index (χ1) is 5.25. The Morgan fingerprint density at radius 2 is 2.27 bits per heavy atom. The van der Waals surface area contributed by atoms with Gasteiger partial charge in [0.05, 0.1) is 0 Å². The lowest BCUT2D eigenvalue weighted by Crippen LogP contribution is -2.28. The van der Waals surface area contributed by atoms with Crippen LogP contribution in [0.1, 0.15) is 6.92 Å². The van der Waals surface area contributed by atoms with Gasteiger partial charge in [0.25, 0.3) is 0 Å². The Balaban J connectivity index is 2.65. The van der Waals surface area contributed by atoms with Crippen molar-refractivity contribution in [2.24, 2.45) is 0 Å². The van der Waals surface area contributed by atoms with Crippen molar-refractivity contribution in [3.05, 3.63) is 36.7 Å². The molecule has 1 heterocycles. The largest absolute Gasteiger partial charge is 0.362 e. The van der Waals surface area contributed by atoms with Crippen LogP contribution in [-0.2, 0) is 4.74 Å². The number of ether oxygens (including phenoxy) is 1. The van der Waals surface area contributed by atoms with Crippen LogP contribution in [0.4, 0.5) is 0 Å². The monoisotopic (exact) mass is 151 g/mol. The summed E-state index contributed by atoms with van der Waals surface area (Å²) in [5.74, 6) is 0. The molecule has 0 N–H and O–H groups in total. The Kier molecular flexibility index (Phi) is 2.49. The predicted octanol–water partition coefficient (Wildman–Crippen LogP) is 1.88. The third-order valence-electron chi connectivity index (χ3n) is 1.71. The van der Waals surface area contributed by atoms with Crippen LogP contribution >= 0.6 is 0 Å². The summed E-state index contributed by atoms with van der Waals surface area (Å²) in [7, 11) is 1.68. The Hall–Kier alpha value is -1.02. The van der Waals surface area contributed by atoms with E-state index in [9.17, 15) is 0 Å². The average molecular weight is 151 g/mol. The van der Waals surface area contributed by atoms with E-state index in [-0.39, 0.29) is 6.23 Å². The van der Waals surface area contributed by atoms with Crippen molar-refractivity contribution in [1.82, 2.24) is 4.90 Å². The van der Waals surface area contributed by atoms with Gasteiger partial charge in [-0.15, -0.1) is 0 Å². The quantitative estimate of drug-likeness (QED) is 0.597. The second-order valence-corrected chi connectivity index (χ2v) is 2.43. The summed E-state index contributed by atoms with van der Waals surface area (Å²) in [5.41, 5.74) is 0.960. The van der Waals surface area contributed by atoms with Crippen LogP contribution in [0, 0.1) is 0 Å². The standard InChI is InChI=1S/C9H13NO/c1-8-6-4-5-7-10(8)9(2)11-3/h4-7,9H,1H2,2-3H3. The fraction of sp³-hybridized carbons (Fsp3) is 0.333. The van der Waals surface area contributed by atoms with Gasteiger partial charge in [0.1, 0.15) is 6.23 Å². The normalized spacial score (nSPS) is 19.1. The Morgan fingerprint density at radius 1 is 1.55 bits per heavy atom. The van der Waals surface area contributed by atoms with Crippen LogP contribution in [0.3, 0.4) is 0 Å². The van der Waals surface area contributed by atoms with Crippen LogP contribution in [0.2, 0.25) is 0 Å². The molecule has 0 bridgehead atoms. The highest BCUT2D eigenvalue weighted by Gasteiger charge is 2.10. The molecule has 0 spiro atoms. The molecule has 0 aliphatic carbocycles. The number of allylic oxidation sites excluding steroid dienone is 3. The highest BCUT2D eigenvalue weighted by atomic mass is 16.5. The van der Waals surface area contributed by atoms with E-state index in [4.69, 9.17) is 4.74 Å². The van der Waals surface area contributed by atoms with Crippen molar-refractivity contribution in [2.75, 3.05) is 7.11 Å². The maximum Gasteiger partial charge on any atom is 0.130 e. The molecule has 60 valence electrons. The van der Waals surface area contributed by atoms with Crippen LogP contribution < -0.4 is 0 Å². The van der Waals surface area contributed by atoms with E-state index in [0.717, 1.165) is 5.70 Å². The Labute approximate surface area is 67.5 Å². The molecule has 0 aromatic carbocycles. The molecule has 0 saturated carbocycles. The lowest BCUT2D eigenvalue weighted by atomic mass is 10.3. The molecule has 1 rings (SSSR count). The minimum atomic E-state index is 0.0590. The molecule has 1 unspecified atom stereocenters. The number of methoxy groups -OCH3 is 1. The van der Waals surface area contributed by atoms with Crippen LogP contribution in [0.5, 0.6) is 0 Å². The lowest BCUT2D eigenvalue weighted by Gasteiger charge is -2.28. The summed E-state index contributed by atoms with van der Waals surface area (Å²) >= 11 is 0. The lowest BCUT2D eigenvalue weighted by molar-refractivity contribution is 0.0293. The van der Waals surface area contributed by atoms with E-state index in [1.54, 1.807) is 7.11 Å². The summed E-state index contributed by atoms with van der Waals surface area (Å²) in [4.78, 5) is 1.97. The molecule has 0 saturated heterocycles. The van der Waals surface area contributed by atoms with E-state index < -0.39 is 0 Å². The van der Waals surface area contributed by atoms with Gasteiger partial charge < -0.3 is 9.64 Å². The maximum atomic E-state index is 5.14. The van der Waals surface area contributed by atoms with Gasteiger partial charge in [0, 0.05) is 19.0 Å². The van der Waals surface area contributed by atoms with Gasteiger partial charge in [-0.1, -0.05) is 12.7 Å². The van der Waals surface area contributed by atoms with Crippen LogP contribution in [-0.4, -0.2) is 18.2 Å². The minimum Gasteiger partial charge on any atom is -0.362 e. The van der Waals surface area contributed by atoms with E-state index >= 15 is 0 Å². The molecule has 0 aromatic heterocycles. The van der Waals surface area contributed by atoms with Crippen LogP contribution in [0.25, 0.3) is 0 Å². The Bertz CT molecular complexity index is 206. The van der Waals surface area contributed by atoms with Gasteiger partial charge in [0.15, 0.2) is 0 Å². The number of hydrogen-bond donors (Lipinski definition) is 0. The van der Waals surface area contributed by atoms with Crippen molar-refractivity contribution in [3.63, 3.8) is 0 Å². The van der Waals surface area contributed by atoms with Gasteiger partial charge in [-0.25, -0.2) is 0 Å². The second kappa shape index (κ2) is 3.39. The van der Waals surface area contributed by atoms with Crippen molar-refractivity contribution < 1.29 is 4.74 Å². The maximum absolute atomic E-state index is 5.14. The summed E-state index contributed by atoms with van der Waals surface area (Å²) in [6.45, 7) is 5.85. The topological polar surface area (TPSA) is 12.5 Å². The zero-order chi connectivity index (χ0) is 8.27. The number of rotatable bonds is 2. The highest BCUT2D eigenvalue weighted by molar-refractivity contribution is 5.25. The number of hydrogen-bond acceptors (Lipinski definition) is 2. The SMILES string of the molecule is C=C1C=CC=CN1C(C)OC. The molecule has 0 fully saturated rings. The molecule has 0 radical (unpaired) electrons. The van der Waals surface area contributed by atoms with E-state index in [1.807, 2.05) is 36.3 Å². The van der Waals surface area contributed by atoms with Crippen molar-refractivity contribution >= 4 is 0 Å². The fourth-order valence-corrected chi connectivity index (χ4v) is 0.959. The smallest absolute Gasteiger partial charge is 0.130 e. The summed E-state index contributed by atoms with van der Waals surface area (Å²) in [6, 6.07) is 0. The summed E-state index contributed by atoms with van der Waals surface area (Å²) < 4.78 is 5.14. The molecule has 2 nitrogen and oxygen atoms in total. The summed E-state index contributed by atoms with van der Waals surface area (Å²) in [5, 5.41) is 0. The molecular formula is C9H13NO. The molecule has 0 amide bonds. The van der Waals surface area contributed by atoms with Crippen molar-refractivity contribution in [2.45, 2.75) is 13.2 Å². The van der Waals surface area contributed by atoms with E-state index in [0.29, 0.717) is 0 Å². The predicted molar refractivity (Wildman–Crippen MR) is 45.7 cm³/mol. The molecule has 1 aliphatic rings. The first-order valence-electron chi connectivity index (χ1n) is 3.60. The molecule has 1 aliphatic heterocycles. The summed E-state index contributed by atoms with van der Waals surface area (Å²) in [6.07, 6.45) is 7.89. The first kappa shape index (κ1) is 8.08. The van der Waals surface area contributed by atoms with Crippen LogP contribution in [0.15, 0.2) is 36.7 Å². The third-order valence-corrected chi connectivity index (χ3v) is 1.71. The van der Waals surface area contributed by atoms with E-state index in [2.05, 4.69) is 6.58 Å². The van der Waals surface area contributed by atoms with Gasteiger partial charge in [-0.05, 0) is 19.1 Å². The second-order valence-electron chi connectivity index (χ2n) is 2.43. The third kappa shape index (κ3) is 1.71. The Morgan fingerprint density at radius 3 is 2.82 bits per heavy atom.